The van der Waals surface area contributed by atoms with E-state index in [4.69, 9.17) is 16.3 Å². The number of ether oxygens (including phenoxy) is 1. The summed E-state index contributed by atoms with van der Waals surface area (Å²) < 4.78 is 6.17. The predicted octanol–water partition coefficient (Wildman–Crippen LogP) is 6.09. The van der Waals surface area contributed by atoms with Gasteiger partial charge < -0.3 is 15.0 Å². The van der Waals surface area contributed by atoms with E-state index in [1.165, 1.54) is 16.2 Å². The molecular weight excluding hydrogens is 630 g/mol. The third-order valence-corrected chi connectivity index (χ3v) is 12.6. The third kappa shape index (κ3) is 4.64. The van der Waals surface area contributed by atoms with E-state index in [0.29, 0.717) is 22.1 Å². The summed E-state index contributed by atoms with van der Waals surface area (Å²) in [4.78, 5) is 58.6. The van der Waals surface area contributed by atoms with Crippen molar-refractivity contribution < 1.29 is 19.1 Å². The van der Waals surface area contributed by atoms with Crippen LogP contribution in [-0.4, -0.2) is 34.6 Å². The molecule has 0 radical (unpaired) electrons. The third-order valence-electron chi connectivity index (χ3n) is 9.72. The molecule has 1 aromatic heterocycles. The predicted molar refractivity (Wildman–Crippen MR) is 174 cm³/mol. The van der Waals surface area contributed by atoms with E-state index in [1.807, 2.05) is 55.5 Å². The fourth-order valence-electron chi connectivity index (χ4n) is 8.14. The Bertz CT molecular complexity index is 1920. The van der Waals surface area contributed by atoms with Gasteiger partial charge in [0.15, 0.2) is 6.61 Å². The zero-order valence-corrected chi connectivity index (χ0v) is 26.5. The van der Waals surface area contributed by atoms with Gasteiger partial charge in [-0.2, -0.15) is 0 Å². The number of nitrogens with one attached hydrogen (secondary N) is 2. The number of amides is 3. The molecule has 45 heavy (non-hydrogen) atoms. The normalized spacial score (nSPS) is 27.7. The van der Waals surface area contributed by atoms with Crippen molar-refractivity contribution in [2.45, 2.75) is 29.5 Å². The molecule has 2 aliphatic carbocycles. The zero-order valence-electron chi connectivity index (χ0n) is 24.1. The highest BCUT2D eigenvalue weighted by Gasteiger charge is 2.69. The highest BCUT2D eigenvalue weighted by Crippen LogP contribution is 2.69. The molecule has 2 bridgehead atoms. The monoisotopic (exact) mass is 657 g/mol. The summed E-state index contributed by atoms with van der Waals surface area (Å²) in [6.45, 7) is 1.78. The van der Waals surface area contributed by atoms with Crippen LogP contribution in [0.4, 0.5) is 11.4 Å². The summed E-state index contributed by atoms with van der Waals surface area (Å²) in [5.41, 5.74) is 3.16. The van der Waals surface area contributed by atoms with Crippen LogP contribution in [-0.2, 0) is 14.4 Å². The summed E-state index contributed by atoms with van der Waals surface area (Å²) in [6.07, 6.45) is 0.779. The molecular formula is C34H28ClN3O5S2. The number of para-hydroxylation sites is 1. The summed E-state index contributed by atoms with van der Waals surface area (Å²) >= 11 is 8.92. The number of H-pyrrole nitrogens is 1. The molecule has 11 heteroatoms. The maximum Gasteiger partial charge on any atom is 0.305 e. The number of carbonyl (C=O) groups is 3. The summed E-state index contributed by atoms with van der Waals surface area (Å²) in [6, 6.07) is 22.0. The fourth-order valence-corrected chi connectivity index (χ4v) is 11.1. The maximum absolute atomic E-state index is 14.0. The van der Waals surface area contributed by atoms with Crippen LogP contribution in [0.15, 0.2) is 82.6 Å². The number of aromatic amines is 1. The van der Waals surface area contributed by atoms with Crippen LogP contribution in [0, 0.1) is 36.5 Å². The number of imide groups is 1. The first-order valence-electron chi connectivity index (χ1n) is 14.9. The van der Waals surface area contributed by atoms with E-state index in [0.717, 1.165) is 27.5 Å². The molecule has 8 nitrogen and oxygen atoms in total. The number of halogens is 1. The molecule has 7 atom stereocenters. The van der Waals surface area contributed by atoms with E-state index in [9.17, 15) is 19.2 Å². The number of aryl methyl sites for hydroxylation is 1. The molecule has 2 aliphatic heterocycles. The van der Waals surface area contributed by atoms with Crippen molar-refractivity contribution in [3.63, 3.8) is 0 Å². The molecule has 0 spiro atoms. The lowest BCUT2D eigenvalue weighted by atomic mass is 9.68. The second-order valence-corrected chi connectivity index (χ2v) is 14.8. The van der Waals surface area contributed by atoms with Gasteiger partial charge in [0.05, 0.1) is 22.5 Å². The summed E-state index contributed by atoms with van der Waals surface area (Å²) in [7, 11) is 0. The Kier molecular flexibility index (Phi) is 6.92. The van der Waals surface area contributed by atoms with Crippen molar-refractivity contribution in [2.24, 2.45) is 29.6 Å². The van der Waals surface area contributed by atoms with E-state index in [1.54, 1.807) is 36.0 Å². The van der Waals surface area contributed by atoms with Crippen LogP contribution in [0.25, 0.3) is 0 Å². The molecule has 2 saturated carbocycles. The molecule has 1 saturated heterocycles. The molecule has 4 aliphatic rings. The first kappa shape index (κ1) is 28.6. The van der Waals surface area contributed by atoms with E-state index in [-0.39, 0.29) is 58.1 Å². The minimum atomic E-state index is -0.423. The van der Waals surface area contributed by atoms with Crippen LogP contribution in [0.1, 0.15) is 28.3 Å². The number of anilines is 2. The molecule has 3 aromatic carbocycles. The second kappa shape index (κ2) is 10.9. The van der Waals surface area contributed by atoms with Crippen LogP contribution in [0.3, 0.4) is 0 Å². The lowest BCUT2D eigenvalue weighted by Crippen LogP contribution is -2.42. The number of aromatic nitrogens is 1. The maximum atomic E-state index is 14.0. The van der Waals surface area contributed by atoms with Crippen molar-refractivity contribution in [2.75, 3.05) is 16.8 Å². The molecule has 4 unspecified atom stereocenters. The molecule has 3 fully saturated rings. The van der Waals surface area contributed by atoms with Crippen LogP contribution >= 0.6 is 34.7 Å². The number of nitrogens with zero attached hydrogens (tertiary/aromatic N) is 1. The first-order valence-corrected chi connectivity index (χ1v) is 17.0. The van der Waals surface area contributed by atoms with Gasteiger partial charge in [-0.25, -0.2) is 0 Å². The molecule has 228 valence electrons. The van der Waals surface area contributed by atoms with Gasteiger partial charge in [-0.05, 0) is 79.1 Å². The van der Waals surface area contributed by atoms with E-state index in [2.05, 4.69) is 10.3 Å². The molecule has 3 amide bonds. The number of hydrogen-bond acceptors (Lipinski definition) is 7. The number of benzene rings is 3. The van der Waals surface area contributed by atoms with Gasteiger partial charge in [0, 0.05) is 32.3 Å². The molecule has 8 rings (SSSR count). The van der Waals surface area contributed by atoms with Crippen molar-refractivity contribution >= 4 is 63.8 Å². The molecule has 4 aromatic rings. The number of carbonyl (C=O) groups excluding carboxylic acids is 3. The van der Waals surface area contributed by atoms with Crippen molar-refractivity contribution in [3.8, 4) is 5.75 Å². The van der Waals surface area contributed by atoms with Gasteiger partial charge in [-0.1, -0.05) is 53.3 Å². The van der Waals surface area contributed by atoms with Crippen LogP contribution in [0.2, 0.25) is 5.02 Å². The Morgan fingerprint density at radius 3 is 2.53 bits per heavy atom. The van der Waals surface area contributed by atoms with Gasteiger partial charge in [-0.3, -0.25) is 24.1 Å². The summed E-state index contributed by atoms with van der Waals surface area (Å²) in [5.74, 6) is -1.10. The van der Waals surface area contributed by atoms with Gasteiger partial charge >= 0.3 is 4.87 Å². The highest BCUT2D eigenvalue weighted by atomic mass is 35.5. The number of rotatable bonds is 6. The average molecular weight is 658 g/mol. The Balaban J connectivity index is 1.12. The lowest BCUT2D eigenvalue weighted by molar-refractivity contribution is -0.123. The number of hydrogen-bond donors (Lipinski definition) is 2. The number of thioether (sulfide) groups is 1. The lowest BCUT2D eigenvalue weighted by Gasteiger charge is -2.43. The number of fused-ring (bicyclic) bond motifs is 9. The van der Waals surface area contributed by atoms with Crippen LogP contribution in [0.5, 0.6) is 5.75 Å². The van der Waals surface area contributed by atoms with E-state index < -0.39 is 11.8 Å². The van der Waals surface area contributed by atoms with Crippen molar-refractivity contribution in [1.82, 2.24) is 4.98 Å². The Labute approximate surface area is 272 Å². The SMILES string of the molecule is Cc1cccc(NC(=O)COc2ccccc2[C@H]2c3sc(=O)[nH]c3SC3C2[C@H]2C[C@@H]3C3C(=O)N(c4ccc(Cl)cc4)C(=O)C32)c1. The standard InChI is InChI=1S/C34H28ClN3O5S2/c1-16-5-4-6-18(13-16)36-24(39)15-43-23-8-3-2-7-20(23)25-26-21-14-22(29(26)44-31-30(25)45-34(42)37-31)28-27(21)32(40)38(33(28)41)19-11-9-17(35)10-12-19/h2-13,21-22,25-29H,14-15H2,1H3,(H,36,39)(H,37,42)/t21-,22-,25-,26?,27?,28?,29?/m1/s1. The minimum Gasteiger partial charge on any atom is -0.483 e. The number of thiazole rings is 1. The van der Waals surface area contributed by atoms with Gasteiger partial charge in [-0.15, -0.1) is 11.8 Å². The fraction of sp³-hybridized carbons (Fsp3) is 0.294. The Morgan fingerprint density at radius 1 is 1.00 bits per heavy atom. The van der Waals surface area contributed by atoms with Crippen molar-refractivity contribution in [3.05, 3.63) is 103 Å². The average Bonchev–Trinajstić information content (AvgIpc) is 3.76. The molecule has 3 heterocycles. The smallest absolute Gasteiger partial charge is 0.305 e. The largest absolute Gasteiger partial charge is 0.483 e. The Hall–Kier alpha value is -3.86. The first-order chi connectivity index (χ1) is 21.8. The quantitative estimate of drug-likeness (QED) is 0.243. The van der Waals surface area contributed by atoms with Crippen molar-refractivity contribution in [1.29, 1.82) is 0 Å². The van der Waals surface area contributed by atoms with Gasteiger partial charge in [0.1, 0.15) is 5.75 Å². The second-order valence-electron chi connectivity index (χ2n) is 12.2. The van der Waals surface area contributed by atoms with E-state index >= 15 is 0 Å². The molecule has 2 N–H and O–H groups in total. The topological polar surface area (TPSA) is 109 Å². The summed E-state index contributed by atoms with van der Waals surface area (Å²) in [5, 5.41) is 4.29. The van der Waals surface area contributed by atoms with Gasteiger partial charge in [0.2, 0.25) is 11.8 Å². The van der Waals surface area contributed by atoms with Gasteiger partial charge in [0.25, 0.3) is 5.91 Å². The minimum absolute atomic E-state index is 0.00371. The highest BCUT2D eigenvalue weighted by molar-refractivity contribution is 8.00. The zero-order chi connectivity index (χ0) is 31.0. The Morgan fingerprint density at radius 2 is 1.76 bits per heavy atom. The van der Waals surface area contributed by atoms with Crippen LogP contribution < -0.4 is 19.8 Å².